The SMILES string of the molecule is CC1(C)c2cc(-c3c4ccccc4c(-c4cccc(-c5ccccc5)c4)c4ccccc34)ccc2-c2oc3ccccc3c21. The maximum absolute atomic E-state index is 6.46. The van der Waals surface area contributed by atoms with Gasteiger partial charge in [0, 0.05) is 21.9 Å². The molecule has 0 atom stereocenters. The first-order valence-corrected chi connectivity index (χ1v) is 15.4. The highest BCUT2D eigenvalue weighted by molar-refractivity contribution is 6.21. The first-order chi connectivity index (χ1) is 21.6. The predicted octanol–water partition coefficient (Wildman–Crippen LogP) is 12.0. The summed E-state index contributed by atoms with van der Waals surface area (Å²) in [6.45, 7) is 4.67. The number of rotatable bonds is 3. The van der Waals surface area contributed by atoms with Crippen LogP contribution in [0.2, 0.25) is 0 Å². The van der Waals surface area contributed by atoms with E-state index in [1.807, 2.05) is 0 Å². The van der Waals surface area contributed by atoms with Crippen LogP contribution >= 0.6 is 0 Å². The summed E-state index contributed by atoms with van der Waals surface area (Å²) in [4.78, 5) is 0. The van der Waals surface area contributed by atoms with E-state index in [-0.39, 0.29) is 5.41 Å². The van der Waals surface area contributed by atoms with E-state index in [9.17, 15) is 0 Å². The van der Waals surface area contributed by atoms with E-state index in [0.29, 0.717) is 0 Å². The second-order valence-electron chi connectivity index (χ2n) is 12.5. The van der Waals surface area contributed by atoms with Crippen LogP contribution in [0.1, 0.15) is 25.0 Å². The van der Waals surface area contributed by atoms with Crippen LogP contribution in [0.3, 0.4) is 0 Å². The number of furan rings is 1. The van der Waals surface area contributed by atoms with Gasteiger partial charge in [0.05, 0.1) is 0 Å². The van der Waals surface area contributed by atoms with Crippen LogP contribution in [0.5, 0.6) is 0 Å². The fourth-order valence-corrected chi connectivity index (χ4v) is 7.64. The van der Waals surface area contributed by atoms with Gasteiger partial charge in [-0.15, -0.1) is 0 Å². The molecule has 0 radical (unpaired) electrons. The summed E-state index contributed by atoms with van der Waals surface area (Å²) >= 11 is 0. The molecule has 44 heavy (non-hydrogen) atoms. The highest BCUT2D eigenvalue weighted by Gasteiger charge is 2.40. The van der Waals surface area contributed by atoms with Crippen LogP contribution in [-0.2, 0) is 5.41 Å². The van der Waals surface area contributed by atoms with Gasteiger partial charge in [0.15, 0.2) is 0 Å². The normalized spacial score (nSPS) is 13.4. The molecule has 208 valence electrons. The topological polar surface area (TPSA) is 13.1 Å². The summed E-state index contributed by atoms with van der Waals surface area (Å²) in [6, 6.07) is 52.9. The van der Waals surface area contributed by atoms with Gasteiger partial charge in [-0.2, -0.15) is 0 Å². The number of para-hydroxylation sites is 1. The Bertz CT molecular complexity index is 2350. The van der Waals surface area contributed by atoms with Crippen molar-refractivity contribution in [3.8, 4) is 44.7 Å². The monoisotopic (exact) mass is 562 g/mol. The lowest BCUT2D eigenvalue weighted by Gasteiger charge is -2.23. The zero-order valence-electron chi connectivity index (χ0n) is 24.8. The van der Waals surface area contributed by atoms with E-state index < -0.39 is 0 Å². The third-order valence-corrected chi connectivity index (χ3v) is 9.64. The van der Waals surface area contributed by atoms with Gasteiger partial charge < -0.3 is 4.42 Å². The number of benzene rings is 7. The zero-order valence-corrected chi connectivity index (χ0v) is 24.8. The molecule has 0 aliphatic heterocycles. The minimum Gasteiger partial charge on any atom is -0.456 e. The van der Waals surface area contributed by atoms with Crippen LogP contribution in [-0.4, -0.2) is 0 Å². The first-order valence-electron chi connectivity index (χ1n) is 15.4. The zero-order chi connectivity index (χ0) is 29.4. The van der Waals surface area contributed by atoms with Crippen molar-refractivity contribution in [2.75, 3.05) is 0 Å². The van der Waals surface area contributed by atoms with E-state index >= 15 is 0 Å². The summed E-state index contributed by atoms with van der Waals surface area (Å²) in [5.74, 6) is 1.01. The number of fused-ring (bicyclic) bond motifs is 7. The van der Waals surface area contributed by atoms with Crippen molar-refractivity contribution < 1.29 is 4.42 Å². The maximum Gasteiger partial charge on any atom is 0.139 e. The van der Waals surface area contributed by atoms with Crippen LogP contribution in [0.25, 0.3) is 77.2 Å². The van der Waals surface area contributed by atoms with Crippen molar-refractivity contribution in [2.24, 2.45) is 0 Å². The molecule has 0 saturated carbocycles. The number of hydrogen-bond acceptors (Lipinski definition) is 1. The molecule has 1 aliphatic carbocycles. The Kier molecular flexibility index (Phi) is 5.31. The van der Waals surface area contributed by atoms with Crippen LogP contribution < -0.4 is 0 Å². The fraction of sp³-hybridized carbons (Fsp3) is 0.0698. The van der Waals surface area contributed by atoms with E-state index in [4.69, 9.17) is 4.42 Å². The Morgan fingerprint density at radius 2 is 0.955 bits per heavy atom. The Labute approximate surface area is 257 Å². The van der Waals surface area contributed by atoms with Crippen molar-refractivity contribution in [3.05, 3.63) is 157 Å². The molecule has 1 aromatic heterocycles. The minimum absolute atomic E-state index is 0.170. The van der Waals surface area contributed by atoms with Gasteiger partial charge >= 0.3 is 0 Å². The van der Waals surface area contributed by atoms with Crippen molar-refractivity contribution in [3.63, 3.8) is 0 Å². The average molecular weight is 563 g/mol. The molecule has 1 aliphatic rings. The lowest BCUT2D eigenvalue weighted by molar-refractivity contribution is 0.619. The highest BCUT2D eigenvalue weighted by Crippen LogP contribution is 2.54. The van der Waals surface area contributed by atoms with Gasteiger partial charge in [-0.1, -0.05) is 141 Å². The lowest BCUT2D eigenvalue weighted by Crippen LogP contribution is -2.15. The molecule has 1 nitrogen and oxygen atoms in total. The molecule has 0 bridgehead atoms. The van der Waals surface area contributed by atoms with E-state index in [2.05, 4.69) is 159 Å². The van der Waals surface area contributed by atoms with Crippen molar-refractivity contribution >= 4 is 32.5 Å². The van der Waals surface area contributed by atoms with Crippen LogP contribution in [0.4, 0.5) is 0 Å². The first kappa shape index (κ1) is 25.1. The Balaban J connectivity index is 1.30. The summed E-state index contributed by atoms with van der Waals surface area (Å²) in [7, 11) is 0. The maximum atomic E-state index is 6.46. The molecule has 0 saturated heterocycles. The molecule has 0 N–H and O–H groups in total. The summed E-state index contributed by atoms with van der Waals surface area (Å²) in [6.07, 6.45) is 0. The van der Waals surface area contributed by atoms with E-state index in [1.54, 1.807) is 0 Å². The lowest BCUT2D eigenvalue weighted by atomic mass is 9.79. The largest absolute Gasteiger partial charge is 0.456 e. The standard InChI is InChI=1S/C43H30O/c1-43(2)37-26-30(23-24-35(37)42-41(43)36-21-10-11-22-38(36)44-42)40-33-19-8-6-17-31(33)39(32-18-7-9-20-34(32)40)29-16-12-15-28(25-29)27-13-4-3-5-14-27/h3-26H,1-2H3. The Morgan fingerprint density at radius 3 is 1.61 bits per heavy atom. The van der Waals surface area contributed by atoms with Gasteiger partial charge in [-0.25, -0.2) is 0 Å². The number of hydrogen-bond donors (Lipinski definition) is 0. The van der Waals surface area contributed by atoms with E-state index in [0.717, 1.165) is 11.3 Å². The second-order valence-corrected chi connectivity index (χ2v) is 12.5. The molecule has 1 heteroatoms. The third-order valence-electron chi connectivity index (χ3n) is 9.64. The van der Waals surface area contributed by atoms with Gasteiger partial charge in [0.25, 0.3) is 0 Å². The van der Waals surface area contributed by atoms with Gasteiger partial charge in [-0.3, -0.25) is 0 Å². The fourth-order valence-electron chi connectivity index (χ4n) is 7.64. The third kappa shape index (κ3) is 3.53. The van der Waals surface area contributed by atoms with Crippen LogP contribution in [0.15, 0.2) is 150 Å². The van der Waals surface area contributed by atoms with E-state index in [1.165, 1.54) is 77.0 Å². The van der Waals surface area contributed by atoms with Crippen molar-refractivity contribution in [1.82, 2.24) is 0 Å². The Morgan fingerprint density at radius 1 is 0.432 bits per heavy atom. The van der Waals surface area contributed by atoms with Gasteiger partial charge in [-0.05, 0) is 78.7 Å². The predicted molar refractivity (Wildman–Crippen MR) is 185 cm³/mol. The molecule has 0 fully saturated rings. The van der Waals surface area contributed by atoms with Crippen molar-refractivity contribution in [2.45, 2.75) is 19.3 Å². The summed E-state index contributed by atoms with van der Waals surface area (Å²) in [5.41, 5.74) is 12.1. The van der Waals surface area contributed by atoms with Crippen LogP contribution in [0, 0.1) is 0 Å². The molecular weight excluding hydrogens is 532 g/mol. The molecule has 0 unspecified atom stereocenters. The molecule has 7 aromatic carbocycles. The van der Waals surface area contributed by atoms with Crippen molar-refractivity contribution in [1.29, 1.82) is 0 Å². The average Bonchev–Trinajstić information content (AvgIpc) is 3.57. The van der Waals surface area contributed by atoms with Gasteiger partial charge in [0.1, 0.15) is 11.3 Å². The summed E-state index contributed by atoms with van der Waals surface area (Å²) in [5, 5.41) is 6.28. The van der Waals surface area contributed by atoms with Gasteiger partial charge in [0.2, 0.25) is 0 Å². The highest BCUT2D eigenvalue weighted by atomic mass is 16.3. The second kappa shape index (κ2) is 9.30. The quantitative estimate of drug-likeness (QED) is 0.195. The molecule has 0 spiro atoms. The summed E-state index contributed by atoms with van der Waals surface area (Å²) < 4.78 is 6.46. The molecule has 9 rings (SSSR count). The molecule has 0 amide bonds. The minimum atomic E-state index is -0.170. The Hall–Kier alpha value is -5.40. The molecule has 1 heterocycles. The molecule has 8 aromatic rings. The molecular formula is C43H30O. The smallest absolute Gasteiger partial charge is 0.139 e.